The Morgan fingerprint density at radius 1 is 1.50 bits per heavy atom. The molecule has 0 spiro atoms. The summed E-state index contributed by atoms with van der Waals surface area (Å²) in [4.78, 5) is 9.04. The molecule has 0 radical (unpaired) electrons. The van der Waals surface area contributed by atoms with Gasteiger partial charge in [0.15, 0.2) is 0 Å². The predicted molar refractivity (Wildman–Crippen MR) is 13.7 cm³/mol. The van der Waals surface area contributed by atoms with E-state index in [2.05, 4.69) is 3.53 Å². The van der Waals surface area contributed by atoms with Crippen LogP contribution < -0.4 is 56.5 Å². The summed E-state index contributed by atoms with van der Waals surface area (Å²) in [6.45, 7) is 0. The van der Waals surface area contributed by atoms with Crippen LogP contribution in [0.1, 0.15) is 0 Å². The van der Waals surface area contributed by atoms with Crippen LogP contribution >= 0.6 is 0 Å². The van der Waals surface area contributed by atoms with Crippen LogP contribution in [0, 0.1) is 0 Å². The molecule has 0 atom stereocenters. The quantitative estimate of drug-likeness (QED) is 0.413. The number of carboxylic acid groups (broad SMARTS) is 1. The van der Waals surface area contributed by atoms with Gasteiger partial charge in [-0.2, -0.15) is 0 Å². The van der Waals surface area contributed by atoms with Crippen LogP contribution in [0.3, 0.4) is 0 Å². The first-order chi connectivity index (χ1) is 2.27. The molecule has 7 heteroatoms. The minimum absolute atomic E-state index is 0. The van der Waals surface area contributed by atoms with Crippen molar-refractivity contribution in [3.8, 4) is 0 Å². The first-order valence-corrected chi connectivity index (χ1v) is 1.79. The molecule has 0 fully saturated rings. The van der Waals surface area contributed by atoms with Crippen LogP contribution in [0.25, 0.3) is 0 Å². The van der Waals surface area contributed by atoms with Gasteiger partial charge in [0.1, 0.15) is 0 Å². The maximum atomic E-state index is 9.04. The van der Waals surface area contributed by atoms with Crippen molar-refractivity contribution in [2.75, 3.05) is 0 Å². The molecule has 0 amide bonds. The summed E-state index contributed by atoms with van der Waals surface area (Å²) in [7, 11) is 0. The van der Waals surface area contributed by atoms with Crippen molar-refractivity contribution in [3.63, 3.8) is 0 Å². The van der Waals surface area contributed by atoms with Gasteiger partial charge in [0, 0.05) is 0 Å². The van der Waals surface area contributed by atoms with E-state index in [0.717, 1.165) is 19.0 Å². The average Bonchev–Trinajstić information content (AvgIpc) is 1.38. The van der Waals surface area contributed by atoms with Gasteiger partial charge in [-0.15, -0.1) is 0 Å². The molecule has 0 rings (SSSR count). The van der Waals surface area contributed by atoms with Crippen molar-refractivity contribution in [2.45, 2.75) is 0 Å². The number of rotatable bonds is 0. The summed E-state index contributed by atoms with van der Waals surface area (Å²) in [6, 6.07) is 0. The van der Waals surface area contributed by atoms with Gasteiger partial charge in [0.25, 0.3) is 0 Å². The molecule has 0 heterocycles. The van der Waals surface area contributed by atoms with Gasteiger partial charge < -0.3 is 11.0 Å². The predicted octanol–water partition coefficient (Wildman–Crippen LogP) is -5.84. The van der Waals surface area contributed by atoms with Crippen LogP contribution in [-0.4, -0.2) is 17.1 Å². The summed E-state index contributed by atoms with van der Waals surface area (Å²) in [6.07, 6.45) is -1.48. The van der Waals surface area contributed by atoms with Crippen molar-refractivity contribution < 1.29 is 94.7 Å². The zero-order valence-corrected chi connectivity index (χ0v) is 9.74. The van der Waals surface area contributed by atoms with Gasteiger partial charge in [-0.3, -0.25) is 0 Å². The number of carbonyl (C=O) groups excluding carboxylic acids is 1. The molecule has 0 aromatic carbocycles. The van der Waals surface area contributed by atoms with Crippen LogP contribution in [0.4, 0.5) is 4.79 Å². The van der Waals surface area contributed by atoms with Crippen molar-refractivity contribution >= 4 is 6.16 Å². The third-order valence-corrected chi connectivity index (χ3v) is 0.482. The second-order valence-corrected chi connectivity index (χ2v) is 0.841. The Kier molecular flexibility index (Phi) is 44.8. The van der Waals surface area contributed by atoms with E-state index in [-0.39, 0.29) is 62.3 Å². The third-order valence-electron chi connectivity index (χ3n) is 0.0589. The summed E-state index contributed by atoms with van der Waals surface area (Å²) < 4.78 is 3.58. The topological polar surface area (TPSA) is 112 Å². The van der Waals surface area contributed by atoms with E-state index in [1.54, 1.807) is 0 Å². The monoisotopic (exact) mass is 327 g/mol. The smallest absolute Gasteiger partial charge is 1.00 e. The van der Waals surface area contributed by atoms with E-state index < -0.39 is 6.16 Å². The van der Waals surface area contributed by atoms with E-state index >= 15 is 0 Å². The normalized spacial score (nSPS) is 4.12. The zero-order valence-electron chi connectivity index (χ0n) is 4.08. The van der Waals surface area contributed by atoms with Crippen molar-refractivity contribution in [2.24, 2.45) is 0 Å². The average molecular weight is 325 g/mol. The second kappa shape index (κ2) is 15.8. The van der Waals surface area contributed by atoms with Gasteiger partial charge in [-0.05, 0) is 0 Å². The Labute approximate surface area is 99.1 Å². The summed E-state index contributed by atoms with van der Waals surface area (Å²) in [5.41, 5.74) is 0. The first-order valence-electron chi connectivity index (χ1n) is 0.757. The molecule has 0 aromatic rings. The van der Waals surface area contributed by atoms with Crippen molar-refractivity contribution in [3.05, 3.63) is 0 Å². The summed E-state index contributed by atoms with van der Waals surface area (Å²) >= 11 is 0.872. The van der Waals surface area contributed by atoms with Gasteiger partial charge in [0.05, 0.1) is 0 Å². The van der Waals surface area contributed by atoms with Crippen molar-refractivity contribution in [1.29, 1.82) is 0 Å². The van der Waals surface area contributed by atoms with Crippen LogP contribution in [0.2, 0.25) is 0 Å². The molecule has 0 saturated heterocycles. The SMILES string of the molecule is O.O.O=C([O-])[O][Os].[K+]. The second-order valence-electron chi connectivity index (χ2n) is 0.322. The zero-order chi connectivity index (χ0) is 4.28. The van der Waals surface area contributed by atoms with Gasteiger partial charge in [-0.1, -0.05) is 0 Å². The van der Waals surface area contributed by atoms with Crippen LogP contribution in [0.5, 0.6) is 0 Å². The molecular weight excluding hydrogens is 321 g/mol. The molecule has 0 saturated carbocycles. The van der Waals surface area contributed by atoms with Crippen LogP contribution in [0.15, 0.2) is 0 Å². The fourth-order valence-electron chi connectivity index (χ4n) is 0. The molecule has 0 aliphatic heterocycles. The maximum Gasteiger partial charge on any atom is 1.00 e. The standard InChI is InChI=1S/CH2O3.K.2H2O.Os/c2-1(3)4;;;;/h(H2,2,3,4);;2*1H2;/q;+1;;;+1/p-2. The molecule has 8 heavy (non-hydrogen) atoms. The largest absolute Gasteiger partial charge is 1.00 e. The minimum atomic E-state index is -1.48. The van der Waals surface area contributed by atoms with Gasteiger partial charge in [0.2, 0.25) is 0 Å². The van der Waals surface area contributed by atoms with Crippen LogP contribution in [-0.2, 0) is 22.5 Å². The number of hydrogen-bond donors (Lipinski definition) is 0. The fourth-order valence-corrected chi connectivity index (χ4v) is 0. The van der Waals surface area contributed by atoms with E-state index in [0.29, 0.717) is 0 Å². The Balaban J connectivity index is -0.0000000267. The molecule has 0 bridgehead atoms. The third kappa shape index (κ3) is 26.0. The Bertz CT molecular complexity index is 47.7. The Hall–Kier alpha value is 1.46. The molecule has 0 aliphatic carbocycles. The molecule has 4 N–H and O–H groups in total. The minimum Gasteiger partial charge on any atom is 1.00 e. The van der Waals surface area contributed by atoms with E-state index in [1.165, 1.54) is 0 Å². The van der Waals surface area contributed by atoms with Gasteiger partial charge in [-0.25, -0.2) is 0 Å². The molecule has 0 aliphatic rings. The summed E-state index contributed by atoms with van der Waals surface area (Å²) in [5.74, 6) is 0. The van der Waals surface area contributed by atoms with Crippen molar-refractivity contribution in [1.82, 2.24) is 0 Å². The Morgan fingerprint density at radius 2 is 1.62 bits per heavy atom. The molecule has 0 unspecified atom stereocenters. The van der Waals surface area contributed by atoms with E-state index in [1.807, 2.05) is 0 Å². The molecular formula is CH4KO5Os. The van der Waals surface area contributed by atoms with E-state index in [4.69, 9.17) is 9.90 Å². The van der Waals surface area contributed by atoms with E-state index in [9.17, 15) is 0 Å². The first kappa shape index (κ1) is 22.7. The molecule has 0 aromatic heterocycles. The fraction of sp³-hybridized carbons (Fsp3) is 0. The maximum absolute atomic E-state index is 9.04. The molecule has 5 nitrogen and oxygen atoms in total. The Morgan fingerprint density at radius 3 is 1.62 bits per heavy atom. The number of carbonyl (C=O) groups is 1. The number of hydrogen-bond acceptors (Lipinski definition) is 3. The summed E-state index contributed by atoms with van der Waals surface area (Å²) in [5, 5.41) is 9.04. The van der Waals surface area contributed by atoms with Gasteiger partial charge >= 0.3 is 89.9 Å². The molecule has 47 valence electrons.